The molecule has 6 heteroatoms. The maximum atomic E-state index is 11.2. The van der Waals surface area contributed by atoms with Crippen LogP contribution in [0.25, 0.3) is 0 Å². The van der Waals surface area contributed by atoms with Crippen LogP contribution in [-0.4, -0.2) is 12.0 Å². The van der Waals surface area contributed by atoms with Gasteiger partial charge in [0.25, 0.3) is 0 Å². The van der Waals surface area contributed by atoms with E-state index in [4.69, 9.17) is 4.74 Å². The third kappa shape index (κ3) is 3.08. The van der Waals surface area contributed by atoms with Crippen LogP contribution in [0.15, 0.2) is 30.3 Å². The summed E-state index contributed by atoms with van der Waals surface area (Å²) in [6.07, 6.45) is 1.00. The van der Waals surface area contributed by atoms with Crippen LogP contribution in [0.3, 0.4) is 0 Å². The highest BCUT2D eigenvalue weighted by Gasteiger charge is 2.20. The Bertz CT molecular complexity index is 610. The van der Waals surface area contributed by atoms with Crippen LogP contribution in [0.1, 0.15) is 16.7 Å². The number of para-hydroxylation sites is 1. The Hall–Kier alpha value is -2.08. The van der Waals surface area contributed by atoms with Crippen molar-refractivity contribution < 1.29 is 9.66 Å². The molecule has 0 aliphatic carbocycles. The fourth-order valence-electron chi connectivity index (χ4n) is 1.91. The van der Waals surface area contributed by atoms with Crippen LogP contribution >= 0.6 is 11.3 Å². The number of benzene rings is 1. The van der Waals surface area contributed by atoms with Gasteiger partial charge < -0.3 is 10.1 Å². The van der Waals surface area contributed by atoms with Crippen molar-refractivity contribution in [2.45, 2.75) is 19.9 Å². The van der Waals surface area contributed by atoms with Gasteiger partial charge in [0.2, 0.25) is 0 Å². The van der Waals surface area contributed by atoms with E-state index in [1.54, 1.807) is 29.5 Å². The van der Waals surface area contributed by atoms with Crippen molar-refractivity contribution in [2.75, 3.05) is 12.4 Å². The third-order valence-electron chi connectivity index (χ3n) is 2.92. The highest BCUT2D eigenvalue weighted by molar-refractivity contribution is 7.12. The zero-order valence-electron chi connectivity index (χ0n) is 11.4. The monoisotopic (exact) mass is 292 g/mol. The van der Waals surface area contributed by atoms with E-state index in [-0.39, 0.29) is 11.4 Å². The number of methoxy groups -OCH3 is 1. The van der Waals surface area contributed by atoms with Crippen molar-refractivity contribution >= 4 is 22.7 Å². The molecule has 0 fully saturated rings. The summed E-state index contributed by atoms with van der Waals surface area (Å²) in [6.45, 7) is 2.68. The van der Waals surface area contributed by atoms with Crippen molar-refractivity contribution in [3.05, 3.63) is 50.2 Å². The molecule has 0 radical (unpaired) electrons. The molecule has 1 heterocycles. The molecular weight excluding hydrogens is 276 g/mol. The van der Waals surface area contributed by atoms with Crippen molar-refractivity contribution in [1.82, 2.24) is 0 Å². The highest BCUT2D eigenvalue weighted by Crippen LogP contribution is 2.34. The van der Waals surface area contributed by atoms with Gasteiger partial charge in [0, 0.05) is 16.3 Å². The third-order valence-corrected chi connectivity index (χ3v) is 4.15. The molecule has 0 unspecified atom stereocenters. The zero-order chi connectivity index (χ0) is 14.5. The largest absolute Gasteiger partial charge is 0.490 e. The number of nitrogens with zero attached hydrogens (tertiary/aromatic N) is 1. The first-order valence-electron chi connectivity index (χ1n) is 6.28. The number of nitrogens with one attached hydrogen (secondary N) is 1. The van der Waals surface area contributed by atoms with Crippen LogP contribution in [0.4, 0.5) is 11.4 Å². The van der Waals surface area contributed by atoms with E-state index < -0.39 is 4.92 Å². The molecule has 2 aromatic rings. The predicted octanol–water partition coefficient (Wildman–Crippen LogP) is 3.84. The summed E-state index contributed by atoms with van der Waals surface area (Å²) in [4.78, 5) is 13.2. The topological polar surface area (TPSA) is 64.4 Å². The number of nitro benzene ring substituents is 1. The average Bonchev–Trinajstić information content (AvgIpc) is 2.92. The molecule has 106 valence electrons. The Kier molecular flexibility index (Phi) is 4.57. The lowest BCUT2D eigenvalue weighted by atomic mass is 10.2. The van der Waals surface area contributed by atoms with Crippen molar-refractivity contribution in [2.24, 2.45) is 0 Å². The standard InChI is InChI=1S/C14H16N2O3S/c1-3-10-7-8-11(20-10)9-15-12-5-4-6-13(19-2)14(12)16(17)18/h4-8,15H,3,9H2,1-2H3. The molecule has 0 atom stereocenters. The fraction of sp³-hybridized carbons (Fsp3) is 0.286. The molecule has 0 aliphatic rings. The molecule has 0 amide bonds. The van der Waals surface area contributed by atoms with Crippen LogP contribution in [0.5, 0.6) is 5.75 Å². The van der Waals surface area contributed by atoms with E-state index in [1.807, 2.05) is 6.07 Å². The predicted molar refractivity (Wildman–Crippen MR) is 80.7 cm³/mol. The summed E-state index contributed by atoms with van der Waals surface area (Å²) in [5.74, 6) is 0.264. The van der Waals surface area contributed by atoms with E-state index in [1.165, 1.54) is 12.0 Å². The summed E-state index contributed by atoms with van der Waals surface area (Å²) in [7, 11) is 1.43. The Morgan fingerprint density at radius 3 is 2.65 bits per heavy atom. The van der Waals surface area contributed by atoms with E-state index in [0.717, 1.165) is 11.3 Å². The van der Waals surface area contributed by atoms with Crippen LogP contribution in [0.2, 0.25) is 0 Å². The number of rotatable bonds is 6. The highest BCUT2D eigenvalue weighted by atomic mass is 32.1. The number of ether oxygens (including phenoxy) is 1. The summed E-state index contributed by atoms with van der Waals surface area (Å²) in [6, 6.07) is 9.14. The van der Waals surface area contributed by atoms with Gasteiger partial charge in [-0.3, -0.25) is 10.1 Å². The second kappa shape index (κ2) is 6.38. The Balaban J connectivity index is 2.18. The second-order valence-corrected chi connectivity index (χ2v) is 5.44. The minimum Gasteiger partial charge on any atom is -0.490 e. The van der Waals surface area contributed by atoms with Gasteiger partial charge in [-0.15, -0.1) is 11.3 Å². The maximum Gasteiger partial charge on any atom is 0.333 e. The van der Waals surface area contributed by atoms with Crippen molar-refractivity contribution in [3.8, 4) is 5.75 Å². The second-order valence-electron chi connectivity index (χ2n) is 4.19. The van der Waals surface area contributed by atoms with Gasteiger partial charge in [-0.1, -0.05) is 13.0 Å². The molecule has 0 bridgehead atoms. The normalized spacial score (nSPS) is 10.3. The molecule has 1 N–H and O–H groups in total. The molecule has 0 spiro atoms. The smallest absolute Gasteiger partial charge is 0.333 e. The average molecular weight is 292 g/mol. The number of hydrogen-bond acceptors (Lipinski definition) is 5. The lowest BCUT2D eigenvalue weighted by Gasteiger charge is -2.08. The van der Waals surface area contributed by atoms with E-state index in [0.29, 0.717) is 12.2 Å². The number of anilines is 1. The van der Waals surface area contributed by atoms with Crippen LogP contribution in [-0.2, 0) is 13.0 Å². The van der Waals surface area contributed by atoms with Crippen molar-refractivity contribution in [3.63, 3.8) is 0 Å². The van der Waals surface area contributed by atoms with Gasteiger partial charge >= 0.3 is 5.69 Å². The first-order valence-corrected chi connectivity index (χ1v) is 7.10. The molecule has 0 saturated heterocycles. The van der Waals surface area contributed by atoms with Crippen molar-refractivity contribution in [1.29, 1.82) is 0 Å². The molecule has 1 aromatic heterocycles. The lowest BCUT2D eigenvalue weighted by molar-refractivity contribution is -0.384. The van der Waals surface area contributed by atoms with Gasteiger partial charge in [-0.2, -0.15) is 0 Å². The molecule has 2 rings (SSSR count). The summed E-state index contributed by atoms with van der Waals surface area (Å²) >= 11 is 1.71. The van der Waals surface area contributed by atoms with Crippen LogP contribution < -0.4 is 10.1 Å². The van der Waals surface area contributed by atoms with Gasteiger partial charge in [-0.05, 0) is 30.7 Å². The maximum absolute atomic E-state index is 11.2. The number of thiophene rings is 1. The SMILES string of the molecule is CCc1ccc(CNc2cccc(OC)c2[N+](=O)[O-])s1. The van der Waals surface area contributed by atoms with E-state index >= 15 is 0 Å². The minimum atomic E-state index is -0.424. The fourth-order valence-corrected chi connectivity index (χ4v) is 2.81. The van der Waals surface area contributed by atoms with Gasteiger partial charge in [0.05, 0.1) is 12.0 Å². The van der Waals surface area contributed by atoms with Gasteiger partial charge in [0.15, 0.2) is 5.75 Å². The molecule has 1 aromatic carbocycles. The number of nitro groups is 1. The van der Waals surface area contributed by atoms with Gasteiger partial charge in [-0.25, -0.2) is 0 Å². The Morgan fingerprint density at radius 2 is 2.05 bits per heavy atom. The number of hydrogen-bond donors (Lipinski definition) is 1. The van der Waals surface area contributed by atoms with E-state index in [9.17, 15) is 10.1 Å². The molecule has 0 saturated carbocycles. The summed E-state index contributed by atoms with van der Waals surface area (Å²) in [5.41, 5.74) is 0.447. The minimum absolute atomic E-state index is 0.0257. The van der Waals surface area contributed by atoms with Gasteiger partial charge in [0.1, 0.15) is 5.69 Å². The summed E-state index contributed by atoms with van der Waals surface area (Å²) in [5, 5.41) is 14.3. The first kappa shape index (κ1) is 14.3. The zero-order valence-corrected chi connectivity index (χ0v) is 12.2. The molecule has 0 aliphatic heterocycles. The van der Waals surface area contributed by atoms with E-state index in [2.05, 4.69) is 18.3 Å². The number of aryl methyl sites for hydroxylation is 1. The lowest BCUT2D eigenvalue weighted by Crippen LogP contribution is -2.03. The van der Waals surface area contributed by atoms with Crippen LogP contribution in [0, 0.1) is 10.1 Å². The molecular formula is C14H16N2O3S. The first-order chi connectivity index (χ1) is 9.65. The quantitative estimate of drug-likeness (QED) is 0.649. The molecule has 20 heavy (non-hydrogen) atoms. The summed E-state index contributed by atoms with van der Waals surface area (Å²) < 4.78 is 5.04. The Labute approximate surface area is 121 Å². The Morgan fingerprint density at radius 1 is 1.30 bits per heavy atom. The molecule has 5 nitrogen and oxygen atoms in total.